The average molecular weight is 915 g/mol. The number of esters is 2. The third kappa shape index (κ3) is 31.4. The highest BCUT2D eigenvalue weighted by molar-refractivity contribution is 7.47. The molecule has 1 fully saturated rings. The van der Waals surface area contributed by atoms with Crippen molar-refractivity contribution in [3.8, 4) is 0 Å². The Morgan fingerprint density at radius 1 is 0.492 bits per heavy atom. The third-order valence-electron chi connectivity index (χ3n) is 11.2. The number of aliphatic hydroxyl groups excluding tert-OH is 5. The summed E-state index contributed by atoms with van der Waals surface area (Å²) in [6.45, 7) is 3.25. The third-order valence-corrected chi connectivity index (χ3v) is 12.2. The molecule has 6 unspecified atom stereocenters. The van der Waals surface area contributed by atoms with Crippen molar-refractivity contribution in [3.63, 3.8) is 0 Å². The maximum Gasteiger partial charge on any atom is 0.472 e. The van der Waals surface area contributed by atoms with E-state index in [-0.39, 0.29) is 12.8 Å². The monoisotopic (exact) mass is 915 g/mol. The topological polar surface area (TPSA) is 210 Å². The van der Waals surface area contributed by atoms with Crippen LogP contribution in [0.2, 0.25) is 0 Å². The van der Waals surface area contributed by atoms with Gasteiger partial charge in [0, 0.05) is 12.8 Å². The lowest BCUT2D eigenvalue weighted by molar-refractivity contribution is -0.220. The minimum absolute atomic E-state index is 0.0913. The van der Waals surface area contributed by atoms with Crippen LogP contribution in [0.1, 0.15) is 194 Å². The minimum atomic E-state index is -5.13. The summed E-state index contributed by atoms with van der Waals surface area (Å²) in [6, 6.07) is 0. The number of hydrogen-bond donors (Lipinski definition) is 6. The molecule has 1 rings (SSSR count). The molecule has 0 spiro atoms. The molecule has 0 aromatic carbocycles. The van der Waals surface area contributed by atoms with E-state index in [1.807, 2.05) is 0 Å². The Bertz CT molecular complexity index is 1290. The summed E-state index contributed by atoms with van der Waals surface area (Å²) in [5.74, 6) is -1.13. The van der Waals surface area contributed by atoms with Gasteiger partial charge in [-0.15, -0.1) is 0 Å². The van der Waals surface area contributed by atoms with E-state index in [1.165, 1.54) is 83.5 Å². The van der Waals surface area contributed by atoms with Gasteiger partial charge < -0.3 is 39.9 Å². The van der Waals surface area contributed by atoms with Crippen molar-refractivity contribution in [1.29, 1.82) is 0 Å². The van der Waals surface area contributed by atoms with Crippen LogP contribution >= 0.6 is 7.82 Å². The molecule has 366 valence electrons. The molecule has 1 saturated carbocycles. The molecule has 14 heteroatoms. The number of carbonyl (C=O) groups is 2. The zero-order valence-electron chi connectivity index (χ0n) is 38.9. The van der Waals surface area contributed by atoms with Crippen LogP contribution in [0, 0.1) is 0 Å². The van der Waals surface area contributed by atoms with Gasteiger partial charge in [0.2, 0.25) is 0 Å². The average Bonchev–Trinajstić information content (AvgIpc) is 3.26. The van der Waals surface area contributed by atoms with Crippen molar-refractivity contribution in [3.05, 3.63) is 48.6 Å². The number of unbranched alkanes of at least 4 members (excludes halogenated alkanes) is 20. The van der Waals surface area contributed by atoms with Gasteiger partial charge in [-0.1, -0.05) is 172 Å². The van der Waals surface area contributed by atoms with Gasteiger partial charge in [-0.05, 0) is 57.8 Å². The first kappa shape index (κ1) is 58.8. The number of rotatable bonds is 40. The lowest BCUT2D eigenvalue weighted by atomic mass is 9.85. The Morgan fingerprint density at radius 2 is 0.857 bits per heavy atom. The van der Waals surface area contributed by atoms with Crippen LogP contribution in [-0.2, 0) is 32.7 Å². The zero-order chi connectivity index (χ0) is 46.4. The van der Waals surface area contributed by atoms with Gasteiger partial charge in [0.15, 0.2) is 6.10 Å². The van der Waals surface area contributed by atoms with Crippen molar-refractivity contribution in [2.24, 2.45) is 0 Å². The number of ether oxygens (including phenoxy) is 2. The highest BCUT2D eigenvalue weighted by Crippen LogP contribution is 2.47. The summed E-state index contributed by atoms with van der Waals surface area (Å²) in [6.07, 6.45) is 33.0. The molecule has 0 aromatic heterocycles. The maximum atomic E-state index is 12.8. The predicted octanol–water partition coefficient (Wildman–Crippen LogP) is 9.95. The zero-order valence-corrected chi connectivity index (χ0v) is 39.8. The Labute approximate surface area is 380 Å². The summed E-state index contributed by atoms with van der Waals surface area (Å²) >= 11 is 0. The first-order valence-electron chi connectivity index (χ1n) is 24.4. The number of aliphatic hydroxyl groups is 5. The normalized spacial score (nSPS) is 22.1. The van der Waals surface area contributed by atoms with E-state index in [4.69, 9.17) is 18.5 Å². The van der Waals surface area contributed by atoms with Gasteiger partial charge in [-0.3, -0.25) is 18.6 Å². The minimum Gasteiger partial charge on any atom is -0.462 e. The number of carbonyl (C=O) groups excluding carboxylic acids is 2. The fraction of sp³-hybridized carbons (Fsp3) is 0.796. The SMILES string of the molecule is CCCCCC=CCC=CCC=CCC=CCCCCCC(=O)OC[C@H](COP(=O)(O)OC1C(O)C(O)C(O)[C@@H](O)C1O)OC(=O)CCCCCCCCCCCCCCCCC. The summed E-state index contributed by atoms with van der Waals surface area (Å²) < 4.78 is 33.5. The van der Waals surface area contributed by atoms with Crippen molar-refractivity contribution >= 4 is 19.8 Å². The summed E-state index contributed by atoms with van der Waals surface area (Å²) in [7, 11) is -5.13. The molecule has 0 bridgehead atoms. The molecule has 0 radical (unpaired) electrons. The molecule has 0 aromatic rings. The van der Waals surface area contributed by atoms with Crippen molar-refractivity contribution in [2.45, 2.75) is 236 Å². The largest absolute Gasteiger partial charge is 0.472 e. The fourth-order valence-electron chi connectivity index (χ4n) is 7.21. The van der Waals surface area contributed by atoms with Gasteiger partial charge in [-0.25, -0.2) is 4.57 Å². The van der Waals surface area contributed by atoms with Crippen LogP contribution in [0.15, 0.2) is 48.6 Å². The molecule has 63 heavy (non-hydrogen) atoms. The first-order valence-corrected chi connectivity index (χ1v) is 25.9. The van der Waals surface area contributed by atoms with Gasteiger partial charge in [0.1, 0.15) is 43.2 Å². The van der Waals surface area contributed by atoms with E-state index >= 15 is 0 Å². The number of hydrogen-bond acceptors (Lipinski definition) is 12. The van der Waals surface area contributed by atoms with Crippen LogP contribution in [-0.4, -0.2) is 98.3 Å². The Balaban J connectivity index is 2.45. The molecule has 1 aliphatic rings. The summed E-state index contributed by atoms with van der Waals surface area (Å²) in [4.78, 5) is 35.7. The molecule has 8 atom stereocenters. The van der Waals surface area contributed by atoms with Crippen LogP contribution in [0.25, 0.3) is 0 Å². The summed E-state index contributed by atoms with van der Waals surface area (Å²) in [5.41, 5.74) is 0. The highest BCUT2D eigenvalue weighted by Gasteiger charge is 2.51. The molecular weight excluding hydrogens is 827 g/mol. The van der Waals surface area contributed by atoms with E-state index in [0.29, 0.717) is 12.8 Å². The van der Waals surface area contributed by atoms with Crippen molar-refractivity contribution in [1.82, 2.24) is 0 Å². The molecule has 0 amide bonds. The molecule has 0 saturated heterocycles. The Morgan fingerprint density at radius 3 is 1.33 bits per heavy atom. The second-order valence-electron chi connectivity index (χ2n) is 17.0. The maximum absolute atomic E-state index is 12.8. The van der Waals surface area contributed by atoms with E-state index < -0.39 is 75.7 Å². The second-order valence-corrected chi connectivity index (χ2v) is 18.4. The predicted molar refractivity (Wildman–Crippen MR) is 249 cm³/mol. The standard InChI is InChI=1S/C49H87O13P/c1-3-5-7-9-11-13-15-17-19-20-21-22-24-25-27-29-31-33-35-37-42(50)59-39-41(40-60-63(57,58)62-49-47(55)45(53)44(52)46(54)48(49)56)61-43(51)38-36-34-32-30-28-26-23-18-16-14-12-10-8-6-4-2/h11,13,17,19,21-22,25,27,41,44-49,52-56H,3-10,12,14-16,18,20,23-24,26,28-40H2,1-2H3,(H,57,58)/t41-,44?,45-,46?,47?,48?,49?/m1/s1. The lowest BCUT2D eigenvalue weighted by Crippen LogP contribution is -2.64. The quantitative estimate of drug-likeness (QED) is 0.0147. The molecule has 0 aliphatic heterocycles. The fourth-order valence-corrected chi connectivity index (χ4v) is 8.18. The number of phosphoric acid groups is 1. The second kappa shape index (κ2) is 39.0. The molecule has 0 heterocycles. The molecule has 1 aliphatic carbocycles. The highest BCUT2D eigenvalue weighted by atomic mass is 31.2. The van der Waals surface area contributed by atoms with Crippen LogP contribution < -0.4 is 0 Å². The summed E-state index contributed by atoms with van der Waals surface area (Å²) in [5, 5.41) is 50.2. The lowest BCUT2D eigenvalue weighted by Gasteiger charge is -2.41. The van der Waals surface area contributed by atoms with Crippen LogP contribution in [0.4, 0.5) is 0 Å². The van der Waals surface area contributed by atoms with Crippen LogP contribution in [0.5, 0.6) is 0 Å². The van der Waals surface area contributed by atoms with Gasteiger partial charge >= 0.3 is 19.8 Å². The van der Waals surface area contributed by atoms with E-state index in [1.54, 1.807) is 0 Å². The van der Waals surface area contributed by atoms with E-state index in [2.05, 4.69) is 62.5 Å². The van der Waals surface area contributed by atoms with Gasteiger partial charge in [0.05, 0.1) is 6.61 Å². The van der Waals surface area contributed by atoms with Crippen LogP contribution in [0.3, 0.4) is 0 Å². The van der Waals surface area contributed by atoms with Gasteiger partial charge in [0.25, 0.3) is 0 Å². The molecular formula is C49H87O13P. The number of allylic oxidation sites excluding steroid dienone is 8. The Hall–Kier alpha value is -2.19. The van der Waals surface area contributed by atoms with Gasteiger partial charge in [-0.2, -0.15) is 0 Å². The smallest absolute Gasteiger partial charge is 0.462 e. The van der Waals surface area contributed by atoms with E-state index in [0.717, 1.165) is 70.6 Å². The Kier molecular flexibility index (Phi) is 36.4. The molecule has 6 N–H and O–H groups in total. The van der Waals surface area contributed by atoms with E-state index in [9.17, 15) is 44.6 Å². The van der Waals surface area contributed by atoms with Crippen molar-refractivity contribution in [2.75, 3.05) is 13.2 Å². The number of phosphoric ester groups is 1. The molecule has 13 nitrogen and oxygen atoms in total. The van der Waals surface area contributed by atoms with Crippen molar-refractivity contribution < 1.29 is 63.1 Å². The first-order chi connectivity index (χ1) is 30.4.